The van der Waals surface area contributed by atoms with Gasteiger partial charge < -0.3 is 14.8 Å². The number of ether oxygens (including phenoxy) is 2. The predicted octanol–water partition coefficient (Wildman–Crippen LogP) is 3.71. The van der Waals surface area contributed by atoms with E-state index in [0.29, 0.717) is 17.2 Å². The minimum atomic E-state index is -3.75. The van der Waals surface area contributed by atoms with Crippen molar-refractivity contribution in [1.29, 1.82) is 0 Å². The van der Waals surface area contributed by atoms with Crippen molar-refractivity contribution in [1.82, 2.24) is 5.32 Å². The summed E-state index contributed by atoms with van der Waals surface area (Å²) >= 11 is 0. The van der Waals surface area contributed by atoms with Crippen molar-refractivity contribution in [2.45, 2.75) is 49.5 Å². The fraction of sp³-hybridized carbons (Fsp3) is 0.409. The highest BCUT2D eigenvalue weighted by molar-refractivity contribution is 7.92. The first-order chi connectivity index (χ1) is 14.5. The molecule has 2 N–H and O–H groups in total. The van der Waals surface area contributed by atoms with E-state index in [9.17, 15) is 13.2 Å². The van der Waals surface area contributed by atoms with Crippen molar-refractivity contribution in [3.05, 3.63) is 48.5 Å². The SMILES string of the molecule is COc1cccc(NS(=O)(=O)c2ccc(OCC(=O)NC3CCCCCC3)cc2)c1. The Morgan fingerprint density at radius 3 is 2.37 bits per heavy atom. The van der Waals surface area contributed by atoms with Gasteiger partial charge >= 0.3 is 0 Å². The Kier molecular flexibility index (Phi) is 7.57. The van der Waals surface area contributed by atoms with Gasteiger partial charge in [-0.3, -0.25) is 9.52 Å². The second kappa shape index (κ2) is 10.3. The van der Waals surface area contributed by atoms with Crippen LogP contribution < -0.4 is 19.5 Å². The summed E-state index contributed by atoms with van der Waals surface area (Å²) < 4.78 is 38.3. The summed E-state index contributed by atoms with van der Waals surface area (Å²) in [5.41, 5.74) is 0.407. The first-order valence-electron chi connectivity index (χ1n) is 10.2. The molecule has 3 rings (SSSR count). The number of carbonyl (C=O) groups is 1. The Labute approximate surface area is 177 Å². The Morgan fingerprint density at radius 2 is 1.70 bits per heavy atom. The smallest absolute Gasteiger partial charge is 0.261 e. The molecule has 0 heterocycles. The summed E-state index contributed by atoms with van der Waals surface area (Å²) in [5.74, 6) is 0.839. The van der Waals surface area contributed by atoms with Gasteiger partial charge in [-0.1, -0.05) is 31.7 Å². The molecule has 1 aliphatic rings. The number of carbonyl (C=O) groups excluding carboxylic acids is 1. The zero-order valence-electron chi connectivity index (χ0n) is 17.1. The molecule has 0 unspecified atom stereocenters. The molecule has 0 aromatic heterocycles. The van der Waals surface area contributed by atoms with E-state index in [-0.39, 0.29) is 23.5 Å². The van der Waals surface area contributed by atoms with Gasteiger partial charge in [-0.25, -0.2) is 8.42 Å². The number of benzene rings is 2. The van der Waals surface area contributed by atoms with Gasteiger partial charge in [0.25, 0.3) is 15.9 Å². The predicted molar refractivity (Wildman–Crippen MR) is 115 cm³/mol. The van der Waals surface area contributed by atoms with Crippen molar-refractivity contribution < 1.29 is 22.7 Å². The van der Waals surface area contributed by atoms with Crippen molar-refractivity contribution in [2.24, 2.45) is 0 Å². The fourth-order valence-electron chi connectivity index (χ4n) is 3.46. The van der Waals surface area contributed by atoms with Crippen LogP contribution in [0.4, 0.5) is 5.69 Å². The lowest BCUT2D eigenvalue weighted by molar-refractivity contribution is -0.123. The summed E-state index contributed by atoms with van der Waals surface area (Å²) in [6.07, 6.45) is 6.77. The number of methoxy groups -OCH3 is 1. The number of hydrogen-bond acceptors (Lipinski definition) is 5. The van der Waals surface area contributed by atoms with Crippen LogP contribution in [0.15, 0.2) is 53.4 Å². The van der Waals surface area contributed by atoms with Crippen LogP contribution in [0.25, 0.3) is 0 Å². The van der Waals surface area contributed by atoms with Crippen LogP contribution in [0.5, 0.6) is 11.5 Å². The zero-order valence-corrected chi connectivity index (χ0v) is 17.9. The first kappa shape index (κ1) is 22.0. The van der Waals surface area contributed by atoms with E-state index in [4.69, 9.17) is 9.47 Å². The molecule has 1 saturated carbocycles. The molecule has 1 aliphatic carbocycles. The number of amides is 1. The normalized spacial score (nSPS) is 15.1. The molecule has 2 aromatic rings. The second-order valence-corrected chi connectivity index (χ2v) is 9.04. The summed E-state index contributed by atoms with van der Waals surface area (Å²) in [4.78, 5) is 12.2. The molecule has 162 valence electrons. The molecule has 0 aliphatic heterocycles. The standard InChI is InChI=1S/C22H28N2O5S/c1-28-20-10-6-9-18(15-20)24-30(26,27)21-13-11-19(12-14-21)29-16-22(25)23-17-7-4-2-3-5-8-17/h6,9-15,17,24H,2-5,7-8,16H2,1H3,(H,23,25). The number of rotatable bonds is 8. The van der Waals surface area contributed by atoms with Crippen molar-refractivity contribution in [3.63, 3.8) is 0 Å². The molecule has 2 aromatic carbocycles. The van der Waals surface area contributed by atoms with Crippen LogP contribution in [0.2, 0.25) is 0 Å². The Balaban J connectivity index is 1.54. The van der Waals surface area contributed by atoms with E-state index < -0.39 is 10.0 Å². The average Bonchev–Trinajstić information content (AvgIpc) is 3.01. The Bertz CT molecular complexity index is 936. The third-order valence-electron chi connectivity index (χ3n) is 5.05. The Morgan fingerprint density at radius 1 is 1.00 bits per heavy atom. The lowest BCUT2D eigenvalue weighted by Gasteiger charge is -2.16. The van der Waals surface area contributed by atoms with Crippen molar-refractivity contribution in [2.75, 3.05) is 18.4 Å². The molecule has 0 atom stereocenters. The van der Waals surface area contributed by atoms with Crippen molar-refractivity contribution >= 4 is 21.6 Å². The van der Waals surface area contributed by atoms with Gasteiger partial charge in [0.15, 0.2) is 6.61 Å². The summed E-state index contributed by atoms with van der Waals surface area (Å²) in [6, 6.07) is 12.9. The van der Waals surface area contributed by atoms with Crippen LogP contribution >= 0.6 is 0 Å². The molecule has 0 bridgehead atoms. The van der Waals surface area contributed by atoms with E-state index in [1.165, 1.54) is 32.1 Å². The van der Waals surface area contributed by atoms with E-state index in [1.807, 2.05) is 0 Å². The number of nitrogens with one attached hydrogen (secondary N) is 2. The molecule has 0 spiro atoms. The molecular formula is C22H28N2O5S. The summed E-state index contributed by atoms with van der Waals surface area (Å²) in [6.45, 7) is -0.0926. The van der Waals surface area contributed by atoms with Crippen LogP contribution in [-0.2, 0) is 14.8 Å². The molecule has 1 fully saturated rings. The van der Waals surface area contributed by atoms with E-state index in [0.717, 1.165) is 25.7 Å². The molecule has 8 heteroatoms. The minimum Gasteiger partial charge on any atom is -0.497 e. The highest BCUT2D eigenvalue weighted by atomic mass is 32.2. The lowest BCUT2D eigenvalue weighted by atomic mass is 10.1. The van der Waals surface area contributed by atoms with Gasteiger partial charge in [0.05, 0.1) is 17.7 Å². The summed E-state index contributed by atoms with van der Waals surface area (Å²) in [7, 11) is -2.23. The molecule has 7 nitrogen and oxygen atoms in total. The van der Waals surface area contributed by atoms with Crippen LogP contribution in [0.3, 0.4) is 0 Å². The number of hydrogen-bond donors (Lipinski definition) is 2. The Hall–Kier alpha value is -2.74. The van der Waals surface area contributed by atoms with E-state index in [2.05, 4.69) is 10.0 Å². The number of sulfonamides is 1. The monoisotopic (exact) mass is 432 g/mol. The average molecular weight is 433 g/mol. The highest BCUT2D eigenvalue weighted by Crippen LogP contribution is 2.22. The van der Waals surface area contributed by atoms with E-state index >= 15 is 0 Å². The fourth-order valence-corrected chi connectivity index (χ4v) is 4.51. The molecule has 1 amide bonds. The topological polar surface area (TPSA) is 93.7 Å². The maximum atomic E-state index is 12.6. The quantitative estimate of drug-likeness (QED) is 0.620. The van der Waals surface area contributed by atoms with Gasteiger partial charge in [0, 0.05) is 12.1 Å². The third kappa shape index (κ3) is 6.38. The van der Waals surface area contributed by atoms with Gasteiger partial charge in [-0.15, -0.1) is 0 Å². The lowest BCUT2D eigenvalue weighted by Crippen LogP contribution is -2.37. The zero-order chi connectivity index (χ0) is 21.4. The van der Waals surface area contributed by atoms with Crippen LogP contribution in [0, 0.1) is 0 Å². The largest absolute Gasteiger partial charge is 0.497 e. The first-order valence-corrected chi connectivity index (χ1v) is 11.6. The molecular weight excluding hydrogens is 404 g/mol. The number of anilines is 1. The van der Waals surface area contributed by atoms with E-state index in [1.54, 1.807) is 36.4 Å². The molecule has 0 radical (unpaired) electrons. The van der Waals surface area contributed by atoms with Crippen LogP contribution in [0.1, 0.15) is 38.5 Å². The minimum absolute atomic E-state index is 0.0926. The van der Waals surface area contributed by atoms with Gasteiger partial charge in [-0.2, -0.15) is 0 Å². The highest BCUT2D eigenvalue weighted by Gasteiger charge is 2.16. The van der Waals surface area contributed by atoms with Gasteiger partial charge in [-0.05, 0) is 49.2 Å². The summed E-state index contributed by atoms with van der Waals surface area (Å²) in [5, 5.41) is 3.02. The van der Waals surface area contributed by atoms with Crippen molar-refractivity contribution in [3.8, 4) is 11.5 Å². The van der Waals surface area contributed by atoms with Gasteiger partial charge in [0.1, 0.15) is 11.5 Å². The third-order valence-corrected chi connectivity index (χ3v) is 6.44. The molecule has 30 heavy (non-hydrogen) atoms. The van der Waals surface area contributed by atoms with Crippen LogP contribution in [-0.4, -0.2) is 34.1 Å². The second-order valence-electron chi connectivity index (χ2n) is 7.35. The maximum Gasteiger partial charge on any atom is 0.261 e. The van der Waals surface area contributed by atoms with Gasteiger partial charge in [0.2, 0.25) is 0 Å². The maximum absolute atomic E-state index is 12.6. The molecule has 0 saturated heterocycles.